The zero-order valence-corrected chi connectivity index (χ0v) is 22.0. The molecule has 0 aromatic carbocycles. The van der Waals surface area contributed by atoms with E-state index in [-0.39, 0.29) is 18.2 Å². The van der Waals surface area contributed by atoms with Crippen molar-refractivity contribution in [1.82, 2.24) is 29.3 Å². The Bertz CT molecular complexity index is 1540. The van der Waals surface area contributed by atoms with Crippen LogP contribution < -0.4 is 4.90 Å². The van der Waals surface area contributed by atoms with Gasteiger partial charge in [-0.3, -0.25) is 4.68 Å². The van der Waals surface area contributed by atoms with Crippen molar-refractivity contribution in [2.45, 2.75) is 51.3 Å². The molecule has 0 N–H and O–H groups in total. The van der Waals surface area contributed by atoms with E-state index in [4.69, 9.17) is 9.72 Å². The van der Waals surface area contributed by atoms with Gasteiger partial charge in [0, 0.05) is 73.1 Å². The van der Waals surface area contributed by atoms with Crippen LogP contribution in [0.5, 0.6) is 0 Å². The number of aryl methyl sites for hydroxylation is 1. The summed E-state index contributed by atoms with van der Waals surface area (Å²) < 4.78 is 9.13. The summed E-state index contributed by atoms with van der Waals surface area (Å²) in [4.78, 5) is 21.7. The quantitative estimate of drug-likeness (QED) is 0.406. The summed E-state index contributed by atoms with van der Waals surface area (Å²) in [6, 6.07) is 8.84. The van der Waals surface area contributed by atoms with Crippen LogP contribution in [0.1, 0.15) is 39.2 Å². The number of carbonyl (C=O) groups excluding carboxylic acids is 1. The number of ether oxygens (including phenoxy) is 1. The number of aromatic nitrogens is 5. The molecule has 0 saturated carbocycles. The van der Waals surface area contributed by atoms with Gasteiger partial charge in [0.05, 0.1) is 23.5 Å². The molecule has 2 unspecified atom stereocenters. The normalized spacial score (nSPS) is 19.1. The van der Waals surface area contributed by atoms with Gasteiger partial charge in [0.15, 0.2) is 0 Å². The zero-order chi connectivity index (χ0) is 26.6. The Balaban J connectivity index is 1.30. The fourth-order valence-corrected chi connectivity index (χ4v) is 5.60. The molecule has 2 saturated heterocycles. The van der Waals surface area contributed by atoms with Gasteiger partial charge in [-0.1, -0.05) is 0 Å². The number of rotatable bonds is 3. The molecule has 38 heavy (non-hydrogen) atoms. The first-order valence-electron chi connectivity index (χ1n) is 12.8. The maximum Gasteiger partial charge on any atom is 0.410 e. The van der Waals surface area contributed by atoms with Crippen LogP contribution in [0.2, 0.25) is 0 Å². The van der Waals surface area contributed by atoms with E-state index < -0.39 is 5.60 Å². The molecule has 0 radical (unpaired) electrons. The molecule has 4 aromatic heterocycles. The number of hydrogen-bond donors (Lipinski definition) is 0. The van der Waals surface area contributed by atoms with Crippen LogP contribution in [0.25, 0.3) is 27.8 Å². The summed E-state index contributed by atoms with van der Waals surface area (Å²) in [5, 5.41) is 18.4. The number of pyridine rings is 2. The van der Waals surface area contributed by atoms with E-state index in [1.54, 1.807) is 15.4 Å². The molecule has 0 spiro atoms. The van der Waals surface area contributed by atoms with Crippen LogP contribution in [-0.2, 0) is 11.8 Å². The van der Waals surface area contributed by atoms with Gasteiger partial charge >= 0.3 is 6.09 Å². The Morgan fingerprint density at radius 2 is 1.79 bits per heavy atom. The van der Waals surface area contributed by atoms with E-state index in [0.29, 0.717) is 18.7 Å². The summed E-state index contributed by atoms with van der Waals surface area (Å²) >= 11 is 0. The van der Waals surface area contributed by atoms with Crippen molar-refractivity contribution >= 4 is 17.4 Å². The molecule has 10 nitrogen and oxygen atoms in total. The summed E-state index contributed by atoms with van der Waals surface area (Å²) in [5.74, 6) is 0.901. The zero-order valence-electron chi connectivity index (χ0n) is 22.0. The van der Waals surface area contributed by atoms with E-state index in [9.17, 15) is 10.1 Å². The van der Waals surface area contributed by atoms with Crippen molar-refractivity contribution in [2.24, 2.45) is 7.05 Å². The van der Waals surface area contributed by atoms with Gasteiger partial charge in [0.2, 0.25) is 0 Å². The maximum atomic E-state index is 12.7. The second kappa shape index (κ2) is 8.87. The number of likely N-dealkylation sites (tertiary alicyclic amines) is 1. The number of piperazine rings is 1. The third-order valence-electron chi connectivity index (χ3n) is 7.23. The first-order chi connectivity index (χ1) is 18.2. The number of hydrogen-bond acceptors (Lipinski definition) is 7. The molecular weight excluding hydrogens is 480 g/mol. The molecule has 6 rings (SSSR count). The molecule has 194 valence electrons. The Labute approximate surface area is 221 Å². The lowest BCUT2D eigenvalue weighted by molar-refractivity contribution is 0.0209. The monoisotopic (exact) mass is 510 g/mol. The molecule has 4 aromatic rings. The summed E-state index contributed by atoms with van der Waals surface area (Å²) in [7, 11) is 1.88. The third-order valence-corrected chi connectivity index (χ3v) is 7.23. The first kappa shape index (κ1) is 24.0. The van der Waals surface area contributed by atoms with Gasteiger partial charge in [0.25, 0.3) is 0 Å². The van der Waals surface area contributed by atoms with E-state index in [1.807, 2.05) is 63.6 Å². The second-order valence-electron chi connectivity index (χ2n) is 11.1. The highest BCUT2D eigenvalue weighted by molar-refractivity contribution is 5.87. The number of fused-ring (bicyclic) bond motifs is 3. The number of anilines is 1. The minimum Gasteiger partial charge on any atom is -0.444 e. The van der Waals surface area contributed by atoms with Gasteiger partial charge in [-0.2, -0.15) is 15.5 Å². The summed E-state index contributed by atoms with van der Waals surface area (Å²) in [6.45, 7) is 6.94. The number of nitrogens with zero attached hydrogens (tertiary/aromatic N) is 8. The first-order valence-corrected chi connectivity index (χ1v) is 12.8. The van der Waals surface area contributed by atoms with Gasteiger partial charge < -0.3 is 14.5 Å². The lowest BCUT2D eigenvalue weighted by Crippen LogP contribution is -2.56. The Morgan fingerprint density at radius 3 is 2.39 bits per heavy atom. The molecule has 10 heteroatoms. The number of carbonyl (C=O) groups is 1. The van der Waals surface area contributed by atoms with Gasteiger partial charge in [-0.25, -0.2) is 14.3 Å². The second-order valence-corrected chi connectivity index (χ2v) is 11.1. The highest BCUT2D eigenvalue weighted by atomic mass is 16.6. The van der Waals surface area contributed by atoms with E-state index in [1.165, 1.54) is 0 Å². The Kier molecular flexibility index (Phi) is 5.60. The predicted octanol–water partition coefficient (Wildman–Crippen LogP) is 4.26. The predicted molar refractivity (Wildman–Crippen MR) is 142 cm³/mol. The minimum absolute atomic E-state index is 0.209. The van der Waals surface area contributed by atoms with E-state index in [2.05, 4.69) is 33.3 Å². The molecule has 2 atom stereocenters. The van der Waals surface area contributed by atoms with Crippen LogP contribution in [0.3, 0.4) is 0 Å². The average molecular weight is 511 g/mol. The van der Waals surface area contributed by atoms with Gasteiger partial charge in [-0.05, 0) is 51.8 Å². The van der Waals surface area contributed by atoms with Crippen LogP contribution in [-0.4, -0.2) is 66.1 Å². The van der Waals surface area contributed by atoms with Gasteiger partial charge in [-0.15, -0.1) is 0 Å². The fraction of sp³-hybridized carbons (Fsp3) is 0.393. The van der Waals surface area contributed by atoms with Crippen LogP contribution in [0.15, 0.2) is 49.2 Å². The van der Waals surface area contributed by atoms with Crippen molar-refractivity contribution in [3.63, 3.8) is 0 Å². The maximum absolute atomic E-state index is 12.7. The Hall–Kier alpha value is -4.39. The van der Waals surface area contributed by atoms with Crippen molar-refractivity contribution < 1.29 is 9.53 Å². The molecule has 2 aliphatic rings. The highest BCUT2D eigenvalue weighted by Crippen LogP contribution is 2.36. The smallest absolute Gasteiger partial charge is 0.410 e. The molecule has 0 aliphatic carbocycles. The van der Waals surface area contributed by atoms with Gasteiger partial charge in [0.1, 0.15) is 17.5 Å². The third kappa shape index (κ3) is 4.24. The number of nitriles is 1. The van der Waals surface area contributed by atoms with E-state index in [0.717, 1.165) is 46.4 Å². The van der Waals surface area contributed by atoms with E-state index >= 15 is 0 Å². The summed E-state index contributed by atoms with van der Waals surface area (Å²) in [5.41, 5.74) is 4.46. The molecular formula is C28H30N8O2. The lowest BCUT2D eigenvalue weighted by Gasteiger charge is -2.42. The SMILES string of the molecule is Cn1cc(-c2cc(-c3ccc(N4C5CCC4CN(C(=O)OC(C)(C)C)C5)nc3)c3c(C#N)cnn3c2)cn1. The average Bonchev–Trinajstić information content (AvgIpc) is 3.57. The van der Waals surface area contributed by atoms with Crippen LogP contribution >= 0.6 is 0 Å². The lowest BCUT2D eigenvalue weighted by atomic mass is 10.0. The minimum atomic E-state index is -0.509. The highest BCUT2D eigenvalue weighted by Gasteiger charge is 2.43. The van der Waals surface area contributed by atoms with Crippen molar-refractivity contribution in [1.29, 1.82) is 5.26 Å². The largest absolute Gasteiger partial charge is 0.444 e. The molecule has 1 amide bonds. The Morgan fingerprint density at radius 1 is 1.03 bits per heavy atom. The molecule has 2 aliphatic heterocycles. The molecule has 2 fully saturated rings. The van der Waals surface area contributed by atoms with Crippen molar-refractivity contribution in [2.75, 3.05) is 18.0 Å². The van der Waals surface area contributed by atoms with Crippen LogP contribution in [0, 0.1) is 11.3 Å². The van der Waals surface area contributed by atoms with Crippen molar-refractivity contribution in [3.8, 4) is 28.3 Å². The topological polar surface area (TPSA) is 105 Å². The fourth-order valence-electron chi connectivity index (χ4n) is 5.60. The van der Waals surface area contributed by atoms with Crippen molar-refractivity contribution in [3.05, 3.63) is 54.7 Å². The van der Waals surface area contributed by atoms with Crippen LogP contribution in [0.4, 0.5) is 10.6 Å². The molecule has 6 heterocycles. The summed E-state index contributed by atoms with van der Waals surface area (Å²) in [6.07, 6.45) is 10.9. The standard InChI is InChI=1S/C28H30N8O2/c1-28(2,3)38-27(37)34-16-22-6-7-23(17-34)36(22)25-8-5-18(11-30-25)24-9-19(21-13-31-33(4)14-21)15-35-26(24)20(10-29)12-32-35/h5,8-9,11-15,22-23H,6-7,16-17H2,1-4H3. The number of amides is 1. The molecule has 2 bridgehead atoms.